The van der Waals surface area contributed by atoms with Crippen LogP contribution in [0.5, 0.6) is 0 Å². The first kappa shape index (κ1) is 28.0. The predicted molar refractivity (Wildman–Crippen MR) is 154 cm³/mol. The van der Waals surface area contributed by atoms with Crippen LogP contribution in [0.1, 0.15) is 46.8 Å². The number of amides is 1. The van der Waals surface area contributed by atoms with Gasteiger partial charge < -0.3 is 4.90 Å². The molecule has 0 aliphatic heterocycles. The van der Waals surface area contributed by atoms with E-state index in [9.17, 15) is 14.0 Å². The third-order valence-electron chi connectivity index (χ3n) is 6.49. The molecule has 5 rings (SSSR count). The summed E-state index contributed by atoms with van der Waals surface area (Å²) in [5.41, 5.74) is 4.71. The number of hydrogen-bond donors (Lipinski definition) is 0. The molecule has 0 spiro atoms. The lowest BCUT2D eigenvalue weighted by Gasteiger charge is -2.11. The van der Waals surface area contributed by atoms with Crippen molar-refractivity contribution in [1.82, 2.24) is 24.5 Å². The Morgan fingerprint density at radius 2 is 1.69 bits per heavy atom. The number of fused-ring (bicyclic) bond motifs is 2. The highest BCUT2D eigenvalue weighted by Gasteiger charge is 2.17. The van der Waals surface area contributed by atoms with Gasteiger partial charge in [-0.3, -0.25) is 19.0 Å². The van der Waals surface area contributed by atoms with Crippen molar-refractivity contribution in [2.24, 2.45) is 14.1 Å². The maximum Gasteiger partial charge on any atom is 0.253 e. The van der Waals surface area contributed by atoms with Gasteiger partial charge in [0.1, 0.15) is 11.5 Å². The average Bonchev–Trinajstić information content (AvgIpc) is 3.39. The smallest absolute Gasteiger partial charge is 0.253 e. The zero-order valence-electron chi connectivity index (χ0n) is 22.9. The van der Waals surface area contributed by atoms with Crippen LogP contribution in [0.2, 0.25) is 5.02 Å². The van der Waals surface area contributed by atoms with Gasteiger partial charge in [-0.2, -0.15) is 10.2 Å². The maximum absolute atomic E-state index is 14.6. The fraction of sp³-hybridized carbons (Fsp3) is 0.267. The number of aromatic nitrogens is 4. The van der Waals surface area contributed by atoms with Crippen molar-refractivity contribution in [2.45, 2.75) is 26.7 Å². The summed E-state index contributed by atoms with van der Waals surface area (Å²) in [7, 11) is 6.98. The molecule has 9 heteroatoms. The summed E-state index contributed by atoms with van der Waals surface area (Å²) in [6.07, 6.45) is 2.08. The van der Waals surface area contributed by atoms with E-state index < -0.39 is 5.82 Å². The van der Waals surface area contributed by atoms with Crippen molar-refractivity contribution in [3.63, 3.8) is 0 Å². The molecule has 2 heterocycles. The number of aryl methyl sites for hydroxylation is 3. The molecular formula is C30H31ClFN5O2. The normalized spacial score (nSPS) is 11.0. The fourth-order valence-electron chi connectivity index (χ4n) is 4.67. The summed E-state index contributed by atoms with van der Waals surface area (Å²) in [5.74, 6) is -0.711. The number of halogens is 2. The Kier molecular flexibility index (Phi) is 8.16. The van der Waals surface area contributed by atoms with Gasteiger partial charge in [-0.1, -0.05) is 43.1 Å². The van der Waals surface area contributed by atoms with Crippen LogP contribution in [-0.2, 0) is 20.5 Å². The Morgan fingerprint density at radius 3 is 2.31 bits per heavy atom. The van der Waals surface area contributed by atoms with E-state index in [-0.39, 0.29) is 11.7 Å². The van der Waals surface area contributed by atoms with Gasteiger partial charge in [-0.05, 0) is 48.4 Å². The summed E-state index contributed by atoms with van der Waals surface area (Å²) in [4.78, 5) is 25.2. The average molecular weight is 548 g/mol. The van der Waals surface area contributed by atoms with E-state index in [2.05, 4.69) is 17.1 Å². The summed E-state index contributed by atoms with van der Waals surface area (Å²) in [5, 5.41) is 11.2. The lowest BCUT2D eigenvalue weighted by Crippen LogP contribution is -2.21. The van der Waals surface area contributed by atoms with E-state index in [4.69, 9.17) is 11.6 Å². The van der Waals surface area contributed by atoms with Crippen LogP contribution in [-0.4, -0.2) is 50.2 Å². The second-order valence-electron chi connectivity index (χ2n) is 9.61. The number of hydrogen-bond acceptors (Lipinski definition) is 4. The van der Waals surface area contributed by atoms with Crippen LogP contribution < -0.4 is 0 Å². The van der Waals surface area contributed by atoms with Gasteiger partial charge in [0.2, 0.25) is 0 Å². The van der Waals surface area contributed by atoms with E-state index in [1.54, 1.807) is 51.5 Å². The third kappa shape index (κ3) is 5.56. The minimum atomic E-state index is -0.435. The van der Waals surface area contributed by atoms with E-state index >= 15 is 0 Å². The summed E-state index contributed by atoms with van der Waals surface area (Å²) in [6, 6.07) is 15.6. The zero-order chi connectivity index (χ0) is 28.4. The zero-order valence-corrected chi connectivity index (χ0v) is 23.7. The van der Waals surface area contributed by atoms with Crippen molar-refractivity contribution < 1.29 is 14.0 Å². The molecule has 5 aromatic rings. The van der Waals surface area contributed by atoms with Crippen molar-refractivity contribution in [3.8, 4) is 11.1 Å². The number of carbonyl (C=O) groups excluding carboxylic acids is 2. The van der Waals surface area contributed by atoms with Crippen molar-refractivity contribution >= 4 is 45.1 Å². The van der Waals surface area contributed by atoms with Gasteiger partial charge in [-0.15, -0.1) is 0 Å². The van der Waals surface area contributed by atoms with Crippen LogP contribution >= 0.6 is 11.6 Å². The number of Topliss-reactive ketones (excluding diaryl/α,β-unsaturated/α-hetero) is 1. The van der Waals surface area contributed by atoms with Crippen molar-refractivity contribution in [3.05, 3.63) is 82.4 Å². The molecule has 0 radical (unpaired) electrons. The topological polar surface area (TPSA) is 73.0 Å². The first-order chi connectivity index (χ1) is 18.5. The highest BCUT2D eigenvalue weighted by molar-refractivity contribution is 6.35. The number of rotatable bonds is 5. The molecule has 0 aliphatic carbocycles. The third-order valence-corrected chi connectivity index (χ3v) is 6.81. The molecule has 0 aliphatic rings. The largest absolute Gasteiger partial charge is 0.345 e. The molecule has 39 heavy (non-hydrogen) atoms. The molecule has 0 saturated carbocycles. The fourth-order valence-corrected chi connectivity index (χ4v) is 4.95. The quantitative estimate of drug-likeness (QED) is 0.237. The van der Waals surface area contributed by atoms with E-state index in [1.165, 1.54) is 22.6 Å². The molecule has 0 fully saturated rings. The molecule has 0 unspecified atom stereocenters. The number of benzene rings is 3. The molecule has 0 bridgehead atoms. The number of nitrogens with zero attached hydrogens (tertiary/aromatic N) is 5. The molecule has 3 aromatic carbocycles. The summed E-state index contributed by atoms with van der Waals surface area (Å²) >= 11 is 6.16. The minimum Gasteiger partial charge on any atom is -0.345 e. The summed E-state index contributed by atoms with van der Waals surface area (Å²) < 4.78 is 18.0. The molecular weight excluding hydrogens is 517 g/mol. The number of ketones is 1. The van der Waals surface area contributed by atoms with Gasteiger partial charge in [0.25, 0.3) is 5.91 Å². The Morgan fingerprint density at radius 1 is 1.00 bits per heavy atom. The van der Waals surface area contributed by atoms with Crippen molar-refractivity contribution in [2.75, 3.05) is 14.1 Å². The maximum atomic E-state index is 14.6. The molecule has 0 atom stereocenters. The molecule has 202 valence electrons. The Bertz CT molecular complexity index is 1690. The molecule has 0 saturated heterocycles. The SMILES string of the molecule is CC(=O)c1c2cc(F)c(-c3ccc(C(=O)N(C)C)cc3)cc2nn1C.CCCc1nn(C)c2cccc(Cl)c12. The first-order valence-electron chi connectivity index (χ1n) is 12.6. The first-order valence-corrected chi connectivity index (χ1v) is 13.0. The number of carbonyl (C=O) groups is 2. The second kappa shape index (κ2) is 11.4. The van der Waals surface area contributed by atoms with Crippen LogP contribution in [0.4, 0.5) is 4.39 Å². The molecule has 1 amide bonds. The van der Waals surface area contributed by atoms with Crippen molar-refractivity contribution in [1.29, 1.82) is 0 Å². The van der Waals surface area contributed by atoms with Gasteiger partial charge in [0.05, 0.1) is 21.7 Å². The van der Waals surface area contributed by atoms with Gasteiger partial charge in [0.15, 0.2) is 5.78 Å². The van der Waals surface area contributed by atoms with Gasteiger partial charge >= 0.3 is 0 Å². The lowest BCUT2D eigenvalue weighted by atomic mass is 10.0. The predicted octanol–water partition coefficient (Wildman–Crippen LogP) is 6.46. The Labute approximate surface area is 231 Å². The standard InChI is InChI=1S/C19H18FN3O2.C11H13ClN2/c1-11(24)18-15-9-16(20)14(10-17(15)21-23(18)4)12-5-7-13(8-6-12)19(25)22(2)3;1-3-5-9-11-8(12)6-4-7-10(11)14(2)13-9/h5-10H,1-4H3;4,6-7H,3,5H2,1-2H3. The van der Waals surface area contributed by atoms with Crippen LogP contribution in [0.15, 0.2) is 54.6 Å². The molecule has 7 nitrogen and oxygen atoms in total. The van der Waals surface area contributed by atoms with Crippen LogP contribution in [0.25, 0.3) is 32.9 Å². The molecule has 0 N–H and O–H groups in total. The Balaban J connectivity index is 0.000000212. The minimum absolute atomic E-state index is 0.113. The summed E-state index contributed by atoms with van der Waals surface area (Å²) in [6.45, 7) is 3.58. The van der Waals surface area contributed by atoms with E-state index in [1.807, 2.05) is 29.9 Å². The van der Waals surface area contributed by atoms with Gasteiger partial charge in [-0.25, -0.2) is 4.39 Å². The molecule has 2 aromatic heterocycles. The van der Waals surface area contributed by atoms with E-state index in [0.717, 1.165) is 34.5 Å². The lowest BCUT2D eigenvalue weighted by molar-refractivity contribution is 0.0827. The van der Waals surface area contributed by atoms with Crippen LogP contribution in [0.3, 0.4) is 0 Å². The second-order valence-corrected chi connectivity index (χ2v) is 10.0. The van der Waals surface area contributed by atoms with Gasteiger partial charge in [0, 0.05) is 57.0 Å². The van der Waals surface area contributed by atoms with E-state index in [0.29, 0.717) is 33.3 Å². The highest BCUT2D eigenvalue weighted by atomic mass is 35.5. The van der Waals surface area contributed by atoms with Crippen LogP contribution in [0, 0.1) is 5.82 Å². The monoisotopic (exact) mass is 547 g/mol. The Hall–Kier alpha value is -4.04. The highest BCUT2D eigenvalue weighted by Crippen LogP contribution is 2.30.